The maximum absolute atomic E-state index is 3.94. The molecule has 1 atom stereocenters. The predicted octanol–water partition coefficient (Wildman–Crippen LogP) is 1.41. The molecule has 0 aliphatic heterocycles. The van der Waals surface area contributed by atoms with E-state index in [1.165, 1.54) is 0 Å². The van der Waals surface area contributed by atoms with Gasteiger partial charge in [0.1, 0.15) is 0 Å². The van der Waals surface area contributed by atoms with Gasteiger partial charge in [-0.2, -0.15) is 0 Å². The molecule has 0 saturated heterocycles. The molecular weight excluding hydrogens is 136 g/mol. The number of rotatable bonds is 4. The van der Waals surface area contributed by atoms with Gasteiger partial charge in [0, 0.05) is 19.3 Å². The van der Waals surface area contributed by atoms with Crippen molar-refractivity contribution in [3.05, 3.63) is 24.3 Å². The van der Waals surface area contributed by atoms with Gasteiger partial charge in [-0.25, -0.2) is 0 Å². The highest BCUT2D eigenvalue weighted by Crippen LogP contribution is 1.97. The van der Waals surface area contributed by atoms with Crippen LogP contribution in [-0.4, -0.2) is 26.4 Å². The quantitative estimate of drug-likeness (QED) is 0.478. The van der Waals surface area contributed by atoms with Crippen LogP contribution in [0.3, 0.4) is 0 Å². The SMILES string of the molecule is C=C/C=C(\C=NC)C(C)NC. The first-order valence-corrected chi connectivity index (χ1v) is 3.68. The zero-order chi connectivity index (χ0) is 8.69. The third-order valence-corrected chi connectivity index (χ3v) is 1.52. The van der Waals surface area contributed by atoms with E-state index in [-0.39, 0.29) is 0 Å². The van der Waals surface area contributed by atoms with Crippen molar-refractivity contribution < 1.29 is 0 Å². The van der Waals surface area contributed by atoms with Gasteiger partial charge >= 0.3 is 0 Å². The van der Waals surface area contributed by atoms with Crippen molar-refractivity contribution in [2.75, 3.05) is 14.1 Å². The van der Waals surface area contributed by atoms with Gasteiger partial charge < -0.3 is 5.32 Å². The van der Waals surface area contributed by atoms with Crippen molar-refractivity contribution in [3.63, 3.8) is 0 Å². The molecule has 11 heavy (non-hydrogen) atoms. The van der Waals surface area contributed by atoms with Gasteiger partial charge in [-0.15, -0.1) is 0 Å². The number of likely N-dealkylation sites (N-methyl/N-ethyl adjacent to an activating group) is 1. The van der Waals surface area contributed by atoms with E-state index in [4.69, 9.17) is 0 Å². The van der Waals surface area contributed by atoms with Gasteiger partial charge in [-0.1, -0.05) is 18.7 Å². The molecule has 0 heterocycles. The van der Waals surface area contributed by atoms with Crippen LogP contribution < -0.4 is 5.32 Å². The Morgan fingerprint density at radius 3 is 2.64 bits per heavy atom. The highest BCUT2D eigenvalue weighted by atomic mass is 14.9. The van der Waals surface area contributed by atoms with E-state index in [2.05, 4.69) is 23.8 Å². The second-order valence-corrected chi connectivity index (χ2v) is 2.30. The maximum atomic E-state index is 3.94. The van der Waals surface area contributed by atoms with Crippen LogP contribution in [0.4, 0.5) is 0 Å². The minimum absolute atomic E-state index is 0.330. The molecule has 0 saturated carbocycles. The molecule has 0 aromatic heterocycles. The lowest BCUT2D eigenvalue weighted by atomic mass is 10.1. The van der Waals surface area contributed by atoms with Crippen LogP contribution in [0.5, 0.6) is 0 Å². The fraction of sp³-hybridized carbons (Fsp3) is 0.444. The first kappa shape index (κ1) is 10.1. The van der Waals surface area contributed by atoms with E-state index in [0.717, 1.165) is 5.57 Å². The molecule has 0 aromatic rings. The topological polar surface area (TPSA) is 24.4 Å². The van der Waals surface area contributed by atoms with Crippen molar-refractivity contribution in [1.82, 2.24) is 5.32 Å². The lowest BCUT2D eigenvalue weighted by Gasteiger charge is -2.09. The minimum Gasteiger partial charge on any atom is -0.313 e. The second kappa shape index (κ2) is 5.86. The maximum Gasteiger partial charge on any atom is 0.0304 e. The summed E-state index contributed by atoms with van der Waals surface area (Å²) in [5, 5.41) is 3.13. The highest BCUT2D eigenvalue weighted by molar-refractivity contribution is 5.80. The third-order valence-electron chi connectivity index (χ3n) is 1.52. The van der Waals surface area contributed by atoms with E-state index in [0.29, 0.717) is 6.04 Å². The number of hydrogen-bond donors (Lipinski definition) is 1. The zero-order valence-corrected chi connectivity index (χ0v) is 7.46. The Balaban J connectivity index is 4.32. The van der Waals surface area contributed by atoms with Crippen molar-refractivity contribution in [1.29, 1.82) is 0 Å². The summed E-state index contributed by atoms with van der Waals surface area (Å²) in [7, 11) is 3.68. The van der Waals surface area contributed by atoms with Gasteiger partial charge in [0.15, 0.2) is 0 Å². The standard InChI is InChI=1S/C9H16N2/c1-5-6-9(7-10-3)8(2)11-4/h5-8,11H,1H2,2-4H3/b9-6+,10-7?. The van der Waals surface area contributed by atoms with Crippen molar-refractivity contribution >= 4 is 6.21 Å². The molecule has 1 unspecified atom stereocenters. The summed E-state index contributed by atoms with van der Waals surface area (Å²) in [6, 6.07) is 0.330. The number of allylic oxidation sites excluding steroid dienone is 2. The molecule has 2 heteroatoms. The molecule has 0 radical (unpaired) electrons. The van der Waals surface area contributed by atoms with Gasteiger partial charge in [-0.05, 0) is 19.5 Å². The van der Waals surface area contributed by atoms with Crippen molar-refractivity contribution in [2.45, 2.75) is 13.0 Å². The van der Waals surface area contributed by atoms with Crippen LogP contribution in [0.1, 0.15) is 6.92 Å². The molecule has 0 aliphatic carbocycles. The van der Waals surface area contributed by atoms with Gasteiger partial charge in [-0.3, -0.25) is 4.99 Å². The first-order valence-electron chi connectivity index (χ1n) is 3.68. The third kappa shape index (κ3) is 3.73. The normalized spacial score (nSPS) is 15.4. The largest absolute Gasteiger partial charge is 0.313 e. The van der Waals surface area contributed by atoms with E-state index in [1.54, 1.807) is 13.1 Å². The number of hydrogen-bond acceptors (Lipinski definition) is 2. The number of nitrogens with zero attached hydrogens (tertiary/aromatic N) is 1. The molecule has 0 rings (SSSR count). The second-order valence-electron chi connectivity index (χ2n) is 2.30. The first-order chi connectivity index (χ1) is 5.26. The number of aliphatic imine (C=N–C) groups is 1. The van der Waals surface area contributed by atoms with E-state index in [9.17, 15) is 0 Å². The van der Waals surface area contributed by atoms with Crippen LogP contribution in [0.15, 0.2) is 29.3 Å². The monoisotopic (exact) mass is 152 g/mol. The van der Waals surface area contributed by atoms with Gasteiger partial charge in [0.25, 0.3) is 0 Å². The molecular formula is C9H16N2. The van der Waals surface area contributed by atoms with Crippen molar-refractivity contribution in [2.24, 2.45) is 4.99 Å². The van der Waals surface area contributed by atoms with E-state index in [1.807, 2.05) is 19.3 Å². The van der Waals surface area contributed by atoms with Crippen LogP contribution in [0.2, 0.25) is 0 Å². The zero-order valence-electron chi connectivity index (χ0n) is 7.46. The predicted molar refractivity (Wildman–Crippen MR) is 51.2 cm³/mol. The molecule has 1 N–H and O–H groups in total. The van der Waals surface area contributed by atoms with Gasteiger partial charge in [0.2, 0.25) is 0 Å². The molecule has 0 bridgehead atoms. The highest BCUT2D eigenvalue weighted by Gasteiger charge is 2.00. The Hall–Kier alpha value is -0.890. The lowest BCUT2D eigenvalue weighted by Crippen LogP contribution is -2.24. The Morgan fingerprint density at radius 2 is 2.27 bits per heavy atom. The fourth-order valence-electron chi connectivity index (χ4n) is 0.751. The molecule has 0 aliphatic rings. The summed E-state index contributed by atoms with van der Waals surface area (Å²) >= 11 is 0. The average Bonchev–Trinajstić information content (AvgIpc) is 2.03. The average molecular weight is 152 g/mol. The van der Waals surface area contributed by atoms with E-state index >= 15 is 0 Å². The van der Waals surface area contributed by atoms with E-state index < -0.39 is 0 Å². The summed E-state index contributed by atoms with van der Waals surface area (Å²) in [5.74, 6) is 0. The van der Waals surface area contributed by atoms with Crippen LogP contribution in [0, 0.1) is 0 Å². The Morgan fingerprint density at radius 1 is 1.64 bits per heavy atom. The van der Waals surface area contributed by atoms with Crippen LogP contribution in [-0.2, 0) is 0 Å². The molecule has 0 spiro atoms. The number of nitrogens with one attached hydrogen (secondary N) is 1. The Kier molecular flexibility index (Phi) is 5.39. The minimum atomic E-state index is 0.330. The molecule has 0 fully saturated rings. The Bertz CT molecular complexity index is 168. The van der Waals surface area contributed by atoms with Gasteiger partial charge in [0.05, 0.1) is 0 Å². The molecule has 0 aromatic carbocycles. The summed E-state index contributed by atoms with van der Waals surface area (Å²) < 4.78 is 0. The fourth-order valence-corrected chi connectivity index (χ4v) is 0.751. The Labute approximate surface area is 68.7 Å². The smallest absolute Gasteiger partial charge is 0.0304 e. The van der Waals surface area contributed by atoms with Crippen LogP contribution >= 0.6 is 0 Å². The summed E-state index contributed by atoms with van der Waals surface area (Å²) in [6.07, 6.45) is 5.56. The molecule has 0 amide bonds. The summed E-state index contributed by atoms with van der Waals surface area (Å²) in [6.45, 7) is 5.71. The summed E-state index contributed by atoms with van der Waals surface area (Å²) in [5.41, 5.74) is 1.14. The van der Waals surface area contributed by atoms with Crippen molar-refractivity contribution in [3.8, 4) is 0 Å². The molecule has 2 nitrogen and oxygen atoms in total. The molecule has 62 valence electrons. The lowest BCUT2D eigenvalue weighted by molar-refractivity contribution is 0.714. The van der Waals surface area contributed by atoms with Crippen LogP contribution in [0.25, 0.3) is 0 Å². The summed E-state index contributed by atoms with van der Waals surface area (Å²) in [4.78, 5) is 3.94.